The Labute approximate surface area is 111 Å². The van der Waals surface area contributed by atoms with E-state index in [0.29, 0.717) is 5.92 Å². The van der Waals surface area contributed by atoms with Crippen LogP contribution in [0.25, 0.3) is 0 Å². The van der Waals surface area contributed by atoms with E-state index in [1.165, 1.54) is 30.4 Å². The van der Waals surface area contributed by atoms with E-state index in [-0.39, 0.29) is 5.54 Å². The highest BCUT2D eigenvalue weighted by Gasteiger charge is 2.42. The van der Waals surface area contributed by atoms with Crippen molar-refractivity contribution in [2.24, 2.45) is 11.7 Å². The van der Waals surface area contributed by atoms with Crippen molar-refractivity contribution in [3.8, 4) is 0 Å². The Balaban J connectivity index is 2.10. The Morgan fingerprint density at radius 1 is 1.33 bits per heavy atom. The summed E-state index contributed by atoms with van der Waals surface area (Å²) in [6, 6.07) is 8.85. The molecule has 0 spiro atoms. The summed E-state index contributed by atoms with van der Waals surface area (Å²) in [5.74, 6) is 0.706. The van der Waals surface area contributed by atoms with Crippen LogP contribution >= 0.6 is 0 Å². The molecule has 2 rings (SSSR count). The van der Waals surface area contributed by atoms with Crippen LogP contribution in [0.15, 0.2) is 24.3 Å². The van der Waals surface area contributed by atoms with Crippen LogP contribution in [-0.4, -0.2) is 24.0 Å². The first-order chi connectivity index (χ1) is 8.58. The van der Waals surface area contributed by atoms with Gasteiger partial charge in [-0.2, -0.15) is 0 Å². The molecule has 100 valence electrons. The lowest BCUT2D eigenvalue weighted by molar-refractivity contribution is 0.0841. The molecule has 0 bridgehead atoms. The van der Waals surface area contributed by atoms with Crippen LogP contribution in [0.5, 0.6) is 0 Å². The van der Waals surface area contributed by atoms with Crippen LogP contribution in [0.2, 0.25) is 0 Å². The van der Waals surface area contributed by atoms with Crippen molar-refractivity contribution in [1.82, 2.24) is 4.90 Å². The standard InChI is InChI=1S/C16H26N2/c1-13-6-8-15(9-7-13)11-18(3)16(12-17)10-4-5-14(16)2/h6-9,14H,4-5,10-12,17H2,1-3H3. The van der Waals surface area contributed by atoms with Gasteiger partial charge in [0.1, 0.15) is 0 Å². The average Bonchev–Trinajstić information content (AvgIpc) is 2.74. The van der Waals surface area contributed by atoms with Crippen LogP contribution in [0.1, 0.15) is 37.3 Å². The second kappa shape index (κ2) is 5.41. The van der Waals surface area contributed by atoms with Gasteiger partial charge in [0.2, 0.25) is 0 Å². The molecular weight excluding hydrogens is 220 g/mol. The first-order valence-corrected chi connectivity index (χ1v) is 7.05. The molecule has 0 aliphatic heterocycles. The molecule has 0 radical (unpaired) electrons. The van der Waals surface area contributed by atoms with Crippen molar-refractivity contribution in [2.75, 3.05) is 13.6 Å². The second-order valence-corrected chi connectivity index (χ2v) is 5.94. The van der Waals surface area contributed by atoms with Gasteiger partial charge in [-0.1, -0.05) is 43.2 Å². The van der Waals surface area contributed by atoms with E-state index in [2.05, 4.69) is 50.1 Å². The van der Waals surface area contributed by atoms with Crippen molar-refractivity contribution < 1.29 is 0 Å². The van der Waals surface area contributed by atoms with E-state index in [4.69, 9.17) is 5.73 Å². The van der Waals surface area contributed by atoms with Crippen molar-refractivity contribution in [3.05, 3.63) is 35.4 Å². The number of hydrogen-bond donors (Lipinski definition) is 1. The van der Waals surface area contributed by atoms with Gasteiger partial charge in [0, 0.05) is 18.6 Å². The van der Waals surface area contributed by atoms with Crippen molar-refractivity contribution in [2.45, 2.75) is 45.2 Å². The molecule has 2 unspecified atom stereocenters. The number of nitrogens with two attached hydrogens (primary N) is 1. The minimum atomic E-state index is 0.213. The summed E-state index contributed by atoms with van der Waals surface area (Å²) >= 11 is 0. The van der Waals surface area contributed by atoms with E-state index in [1.807, 2.05) is 0 Å². The van der Waals surface area contributed by atoms with Gasteiger partial charge < -0.3 is 5.73 Å². The monoisotopic (exact) mass is 246 g/mol. The fraction of sp³-hybridized carbons (Fsp3) is 0.625. The lowest BCUT2D eigenvalue weighted by Crippen LogP contribution is -2.53. The highest BCUT2D eigenvalue weighted by atomic mass is 15.2. The van der Waals surface area contributed by atoms with Crippen LogP contribution in [0, 0.1) is 12.8 Å². The normalized spacial score (nSPS) is 27.9. The molecule has 0 heterocycles. The zero-order valence-corrected chi connectivity index (χ0v) is 11.9. The molecule has 1 saturated carbocycles. The summed E-state index contributed by atoms with van der Waals surface area (Å²) in [4.78, 5) is 2.48. The van der Waals surface area contributed by atoms with Crippen molar-refractivity contribution in [3.63, 3.8) is 0 Å². The van der Waals surface area contributed by atoms with Gasteiger partial charge in [0.25, 0.3) is 0 Å². The molecule has 2 heteroatoms. The number of aryl methyl sites for hydroxylation is 1. The molecule has 1 aromatic carbocycles. The summed E-state index contributed by atoms with van der Waals surface area (Å²) in [6.45, 7) is 6.26. The molecule has 0 amide bonds. The molecular formula is C16H26N2. The van der Waals surface area contributed by atoms with E-state index in [1.54, 1.807) is 0 Å². The summed E-state index contributed by atoms with van der Waals surface area (Å²) < 4.78 is 0. The third kappa shape index (κ3) is 2.45. The van der Waals surface area contributed by atoms with E-state index in [0.717, 1.165) is 13.1 Å². The highest BCUT2D eigenvalue weighted by Crippen LogP contribution is 2.39. The quantitative estimate of drug-likeness (QED) is 0.885. The minimum absolute atomic E-state index is 0.213. The maximum Gasteiger partial charge on any atom is 0.0357 e. The maximum absolute atomic E-state index is 6.10. The number of benzene rings is 1. The SMILES string of the molecule is Cc1ccc(CN(C)C2(CN)CCCC2C)cc1. The Hall–Kier alpha value is -0.860. The fourth-order valence-electron chi connectivity index (χ4n) is 3.38. The van der Waals surface area contributed by atoms with Gasteiger partial charge >= 0.3 is 0 Å². The molecule has 1 fully saturated rings. The van der Waals surface area contributed by atoms with E-state index < -0.39 is 0 Å². The molecule has 0 aromatic heterocycles. The van der Waals surface area contributed by atoms with E-state index >= 15 is 0 Å². The van der Waals surface area contributed by atoms with Gasteiger partial charge in [-0.05, 0) is 38.3 Å². The topological polar surface area (TPSA) is 29.3 Å². The lowest BCUT2D eigenvalue weighted by atomic mass is 9.86. The smallest absolute Gasteiger partial charge is 0.0357 e. The lowest BCUT2D eigenvalue weighted by Gasteiger charge is -2.42. The Bertz CT molecular complexity index is 385. The number of nitrogens with zero attached hydrogens (tertiary/aromatic N) is 1. The Kier molecular flexibility index (Phi) is 4.08. The summed E-state index contributed by atoms with van der Waals surface area (Å²) in [7, 11) is 2.23. The van der Waals surface area contributed by atoms with E-state index in [9.17, 15) is 0 Å². The molecule has 1 aliphatic rings. The number of hydrogen-bond acceptors (Lipinski definition) is 2. The summed E-state index contributed by atoms with van der Waals surface area (Å²) in [5, 5.41) is 0. The van der Waals surface area contributed by atoms with Crippen LogP contribution < -0.4 is 5.73 Å². The molecule has 2 nitrogen and oxygen atoms in total. The van der Waals surface area contributed by atoms with Crippen LogP contribution in [-0.2, 0) is 6.54 Å². The van der Waals surface area contributed by atoms with Gasteiger partial charge in [-0.25, -0.2) is 0 Å². The maximum atomic E-state index is 6.10. The minimum Gasteiger partial charge on any atom is -0.329 e. The third-order valence-corrected chi connectivity index (χ3v) is 4.82. The first kappa shape index (κ1) is 13.6. The molecule has 0 saturated heterocycles. The van der Waals surface area contributed by atoms with Gasteiger partial charge in [0.05, 0.1) is 0 Å². The zero-order chi connectivity index (χ0) is 13.2. The van der Waals surface area contributed by atoms with Crippen LogP contribution in [0.4, 0.5) is 0 Å². The van der Waals surface area contributed by atoms with Gasteiger partial charge in [0.15, 0.2) is 0 Å². The summed E-state index contributed by atoms with van der Waals surface area (Å²) in [5.41, 5.74) is 9.02. The predicted molar refractivity (Wildman–Crippen MR) is 77.4 cm³/mol. The highest BCUT2D eigenvalue weighted by molar-refractivity contribution is 5.21. The first-order valence-electron chi connectivity index (χ1n) is 7.05. The van der Waals surface area contributed by atoms with Gasteiger partial charge in [-0.3, -0.25) is 4.90 Å². The largest absolute Gasteiger partial charge is 0.329 e. The Morgan fingerprint density at radius 3 is 2.50 bits per heavy atom. The molecule has 1 aromatic rings. The molecule has 2 N–H and O–H groups in total. The predicted octanol–water partition coefficient (Wildman–Crippen LogP) is 2.94. The zero-order valence-electron chi connectivity index (χ0n) is 11.9. The van der Waals surface area contributed by atoms with Crippen molar-refractivity contribution >= 4 is 0 Å². The Morgan fingerprint density at radius 2 is 2.00 bits per heavy atom. The average molecular weight is 246 g/mol. The van der Waals surface area contributed by atoms with Crippen molar-refractivity contribution in [1.29, 1.82) is 0 Å². The third-order valence-electron chi connectivity index (χ3n) is 4.82. The number of rotatable bonds is 4. The fourth-order valence-corrected chi connectivity index (χ4v) is 3.38. The molecule has 2 atom stereocenters. The molecule has 1 aliphatic carbocycles. The second-order valence-electron chi connectivity index (χ2n) is 5.94. The molecule has 18 heavy (non-hydrogen) atoms. The summed E-state index contributed by atoms with van der Waals surface area (Å²) in [6.07, 6.45) is 3.87. The van der Waals surface area contributed by atoms with Gasteiger partial charge in [-0.15, -0.1) is 0 Å². The number of likely N-dealkylation sites (N-methyl/N-ethyl adjacent to an activating group) is 1. The van der Waals surface area contributed by atoms with Crippen LogP contribution in [0.3, 0.4) is 0 Å².